The van der Waals surface area contributed by atoms with E-state index in [0.717, 1.165) is 26.2 Å². The highest BCUT2D eigenvalue weighted by molar-refractivity contribution is 6.02. The Morgan fingerprint density at radius 1 is 1.32 bits per heavy atom. The number of carbonyl (C=O) groups is 2. The number of ether oxygens (including phenoxy) is 1. The summed E-state index contributed by atoms with van der Waals surface area (Å²) in [5, 5.41) is 2.82. The minimum absolute atomic E-state index is 0.00869. The summed E-state index contributed by atoms with van der Waals surface area (Å²) in [6, 6.07) is 5.22. The van der Waals surface area contributed by atoms with Crippen molar-refractivity contribution in [2.45, 2.75) is 19.4 Å². The zero-order chi connectivity index (χ0) is 15.9. The highest BCUT2D eigenvalue weighted by Gasteiger charge is 2.35. The largest absolute Gasteiger partial charge is 0.476 e. The molecule has 0 unspecified atom stereocenters. The van der Waals surface area contributed by atoms with Gasteiger partial charge in [0.1, 0.15) is 5.75 Å². The number of quaternary nitrogens is 1. The zero-order valence-corrected chi connectivity index (χ0v) is 13.2. The Hall–Kier alpha value is -2.08. The first-order valence-corrected chi connectivity index (χ1v) is 7.62. The van der Waals surface area contributed by atoms with Crippen molar-refractivity contribution in [1.82, 2.24) is 4.90 Å². The molecule has 2 N–H and O–H groups in total. The van der Waals surface area contributed by atoms with Crippen LogP contribution in [0.5, 0.6) is 5.75 Å². The van der Waals surface area contributed by atoms with Crippen LogP contribution in [0.1, 0.15) is 24.2 Å². The third kappa shape index (κ3) is 2.66. The minimum Gasteiger partial charge on any atom is -0.476 e. The number of fused-ring (bicyclic) bond motifs is 1. The first kappa shape index (κ1) is 14.8. The van der Waals surface area contributed by atoms with Gasteiger partial charge in [-0.2, -0.15) is 0 Å². The maximum Gasteiger partial charge on any atom is 0.268 e. The Bertz CT molecular complexity index is 619. The van der Waals surface area contributed by atoms with E-state index >= 15 is 0 Å². The summed E-state index contributed by atoms with van der Waals surface area (Å²) in [5.74, 6) is 0.408. The van der Waals surface area contributed by atoms with E-state index in [1.165, 1.54) is 4.90 Å². The summed E-state index contributed by atoms with van der Waals surface area (Å²) in [7, 11) is 2.13. The van der Waals surface area contributed by atoms with Gasteiger partial charge in [-0.05, 0) is 32.0 Å². The second-order valence-corrected chi connectivity index (χ2v) is 6.53. The number of benzene rings is 1. The van der Waals surface area contributed by atoms with E-state index in [9.17, 15) is 9.59 Å². The van der Waals surface area contributed by atoms with Gasteiger partial charge in [0, 0.05) is 5.56 Å². The lowest BCUT2D eigenvalue weighted by atomic mass is 10.0. The summed E-state index contributed by atoms with van der Waals surface area (Å²) in [4.78, 5) is 27.8. The molecule has 0 bridgehead atoms. The first-order valence-electron chi connectivity index (χ1n) is 7.62. The highest BCUT2D eigenvalue weighted by atomic mass is 16.5. The van der Waals surface area contributed by atoms with Crippen molar-refractivity contribution in [3.05, 3.63) is 23.8 Å². The molecule has 0 aromatic heterocycles. The fraction of sp³-hybridized carbons (Fsp3) is 0.500. The predicted octanol–water partition coefficient (Wildman–Crippen LogP) is -0.233. The molecule has 2 aliphatic heterocycles. The first-order chi connectivity index (χ1) is 10.4. The van der Waals surface area contributed by atoms with Gasteiger partial charge >= 0.3 is 0 Å². The number of carbonyl (C=O) groups excluding carboxylic acids is 2. The van der Waals surface area contributed by atoms with E-state index in [4.69, 9.17) is 4.74 Å². The normalized spacial score (nSPS) is 20.9. The molecule has 0 saturated carbocycles. The quantitative estimate of drug-likeness (QED) is 0.753. The summed E-state index contributed by atoms with van der Waals surface area (Å²) in [6.07, 6.45) is 0. The van der Waals surface area contributed by atoms with Crippen LogP contribution in [0.15, 0.2) is 18.2 Å². The van der Waals surface area contributed by atoms with Crippen molar-refractivity contribution in [1.29, 1.82) is 0 Å². The molecule has 1 aromatic rings. The number of rotatable bonds is 1. The fourth-order valence-electron chi connectivity index (χ4n) is 2.72. The molecule has 118 valence electrons. The van der Waals surface area contributed by atoms with Gasteiger partial charge in [0.05, 0.1) is 38.9 Å². The summed E-state index contributed by atoms with van der Waals surface area (Å²) in [5.41, 5.74) is 0.260. The van der Waals surface area contributed by atoms with Gasteiger partial charge in [0.15, 0.2) is 5.60 Å². The highest BCUT2D eigenvalue weighted by Crippen LogP contribution is 2.34. The second-order valence-electron chi connectivity index (χ2n) is 6.53. The smallest absolute Gasteiger partial charge is 0.268 e. The topological polar surface area (TPSA) is 63.1 Å². The van der Waals surface area contributed by atoms with Crippen molar-refractivity contribution < 1.29 is 19.2 Å². The van der Waals surface area contributed by atoms with Crippen molar-refractivity contribution in [2.24, 2.45) is 0 Å². The molecule has 0 radical (unpaired) electrons. The molecule has 6 nitrogen and oxygen atoms in total. The van der Waals surface area contributed by atoms with Gasteiger partial charge in [-0.3, -0.25) is 9.59 Å². The van der Waals surface area contributed by atoms with Gasteiger partial charge < -0.3 is 19.9 Å². The number of anilines is 1. The predicted molar refractivity (Wildman–Crippen MR) is 82.3 cm³/mol. The molecule has 0 aliphatic carbocycles. The van der Waals surface area contributed by atoms with E-state index in [0.29, 0.717) is 17.0 Å². The monoisotopic (exact) mass is 304 g/mol. The summed E-state index contributed by atoms with van der Waals surface area (Å²) >= 11 is 0. The molecule has 0 atom stereocenters. The van der Waals surface area contributed by atoms with Gasteiger partial charge in [0.25, 0.3) is 11.8 Å². The van der Waals surface area contributed by atoms with Gasteiger partial charge in [-0.25, -0.2) is 0 Å². The van der Waals surface area contributed by atoms with Crippen LogP contribution >= 0.6 is 0 Å². The van der Waals surface area contributed by atoms with E-state index in [1.54, 1.807) is 32.0 Å². The van der Waals surface area contributed by atoms with Crippen LogP contribution in [0.2, 0.25) is 0 Å². The molecule has 1 saturated heterocycles. The van der Waals surface area contributed by atoms with Crippen LogP contribution in [0.4, 0.5) is 5.69 Å². The molecule has 1 aromatic carbocycles. The minimum atomic E-state index is -0.890. The number of hydrogen-bond acceptors (Lipinski definition) is 3. The zero-order valence-electron chi connectivity index (χ0n) is 13.2. The van der Waals surface area contributed by atoms with E-state index in [1.807, 2.05) is 4.90 Å². The lowest BCUT2D eigenvalue weighted by molar-refractivity contribution is -0.883. The van der Waals surface area contributed by atoms with Crippen LogP contribution in [0.25, 0.3) is 0 Å². The maximum absolute atomic E-state index is 12.6. The van der Waals surface area contributed by atoms with Crippen LogP contribution in [-0.4, -0.2) is 55.5 Å². The van der Waals surface area contributed by atoms with Gasteiger partial charge in [0.2, 0.25) is 0 Å². The van der Waals surface area contributed by atoms with Crippen molar-refractivity contribution >= 4 is 17.5 Å². The van der Waals surface area contributed by atoms with Crippen molar-refractivity contribution in [3.63, 3.8) is 0 Å². The Morgan fingerprint density at radius 3 is 2.68 bits per heavy atom. The number of nitrogens with one attached hydrogen (secondary N) is 2. The SMILES string of the molecule is C[NH+]1CCN(C(=O)c2ccc3c(c2)NC(=O)C(C)(C)O3)CC1. The van der Waals surface area contributed by atoms with Crippen LogP contribution in [-0.2, 0) is 4.79 Å². The third-order valence-electron chi connectivity index (χ3n) is 4.29. The van der Waals surface area contributed by atoms with Gasteiger partial charge in [-0.15, -0.1) is 0 Å². The molecule has 0 spiro atoms. The van der Waals surface area contributed by atoms with Crippen LogP contribution < -0.4 is 15.0 Å². The Labute approximate surface area is 130 Å². The van der Waals surface area contributed by atoms with E-state index in [2.05, 4.69) is 12.4 Å². The van der Waals surface area contributed by atoms with E-state index in [-0.39, 0.29) is 11.8 Å². The molecule has 3 rings (SSSR count). The third-order valence-corrected chi connectivity index (χ3v) is 4.29. The Kier molecular flexibility index (Phi) is 3.56. The lowest BCUT2D eigenvalue weighted by Crippen LogP contribution is -3.12. The number of likely N-dealkylation sites (N-methyl/N-ethyl adjacent to an activating group) is 1. The molecule has 1 fully saturated rings. The molecular weight excluding hydrogens is 282 g/mol. The molecule has 2 amide bonds. The summed E-state index contributed by atoms with van der Waals surface area (Å²) in [6.45, 7) is 6.89. The average molecular weight is 304 g/mol. The average Bonchev–Trinajstić information content (AvgIpc) is 2.48. The summed E-state index contributed by atoms with van der Waals surface area (Å²) < 4.78 is 5.69. The molecule has 2 aliphatic rings. The van der Waals surface area contributed by atoms with Crippen molar-refractivity contribution in [3.8, 4) is 5.75 Å². The molecule has 6 heteroatoms. The number of nitrogens with zero attached hydrogens (tertiary/aromatic N) is 1. The lowest BCUT2D eigenvalue weighted by Gasteiger charge is -2.32. The maximum atomic E-state index is 12.6. The van der Waals surface area contributed by atoms with Crippen molar-refractivity contribution in [2.75, 3.05) is 38.5 Å². The van der Waals surface area contributed by atoms with Gasteiger partial charge in [-0.1, -0.05) is 0 Å². The number of hydrogen-bond donors (Lipinski definition) is 2. The van der Waals surface area contributed by atoms with E-state index < -0.39 is 5.60 Å². The van der Waals surface area contributed by atoms with Crippen LogP contribution in [0.3, 0.4) is 0 Å². The Balaban J connectivity index is 1.81. The number of piperazine rings is 1. The molecule has 2 heterocycles. The fourth-order valence-corrected chi connectivity index (χ4v) is 2.72. The molecule has 22 heavy (non-hydrogen) atoms. The second kappa shape index (κ2) is 5.28. The Morgan fingerprint density at radius 2 is 2.00 bits per heavy atom. The van der Waals surface area contributed by atoms with Crippen LogP contribution in [0, 0.1) is 0 Å². The molecular formula is C16H22N3O3+. The standard InChI is InChI=1S/C16H21N3O3/c1-16(2)15(21)17-12-10-11(4-5-13(12)22-16)14(20)19-8-6-18(3)7-9-19/h4-5,10H,6-9H2,1-3H3,(H,17,21)/p+1. The number of amides is 2.